The van der Waals surface area contributed by atoms with E-state index in [0.29, 0.717) is 0 Å². The molecule has 0 saturated carbocycles. The molecule has 0 bridgehead atoms. The van der Waals surface area contributed by atoms with E-state index >= 15 is 0 Å². The molecular formula is C22H18N6O12. The van der Waals surface area contributed by atoms with Crippen molar-refractivity contribution in [1.29, 1.82) is 0 Å². The van der Waals surface area contributed by atoms with Crippen molar-refractivity contribution in [1.82, 2.24) is 5.16 Å². The van der Waals surface area contributed by atoms with E-state index in [1.165, 1.54) is 0 Å². The number of aromatic nitrogens is 2. The van der Waals surface area contributed by atoms with Crippen molar-refractivity contribution in [3.63, 3.8) is 0 Å². The van der Waals surface area contributed by atoms with Gasteiger partial charge in [-0.05, 0) is 46.4 Å². The summed E-state index contributed by atoms with van der Waals surface area (Å²) in [6.45, 7) is 6.70. The zero-order chi connectivity index (χ0) is 30.5. The first-order valence-electron chi connectivity index (χ1n) is 11.0. The zero-order valence-electron chi connectivity index (χ0n) is 21.6. The van der Waals surface area contributed by atoms with Crippen LogP contribution in [0, 0.1) is 87.2 Å². The second-order valence-corrected chi connectivity index (χ2v) is 8.71. The van der Waals surface area contributed by atoms with Gasteiger partial charge in [-0.2, -0.15) is 0 Å². The molecule has 0 aliphatic rings. The minimum absolute atomic E-state index is 0.330. The van der Waals surface area contributed by atoms with Crippen LogP contribution in [0.1, 0.15) is 65.5 Å². The van der Waals surface area contributed by atoms with Crippen LogP contribution in [0.4, 0.5) is 22.7 Å². The Morgan fingerprint density at radius 2 is 0.900 bits per heavy atom. The molecule has 0 N–H and O–H groups in total. The first kappa shape index (κ1) is 28.9. The molecule has 0 atom stereocenters. The van der Waals surface area contributed by atoms with Crippen molar-refractivity contribution in [2.75, 3.05) is 0 Å². The van der Waals surface area contributed by atoms with Crippen LogP contribution in [0.3, 0.4) is 0 Å². The lowest BCUT2D eigenvalue weighted by molar-refractivity contribution is -0.803. The van der Waals surface area contributed by atoms with Crippen LogP contribution in [0.15, 0.2) is 4.63 Å². The van der Waals surface area contributed by atoms with E-state index in [1.54, 1.807) is 0 Å². The van der Waals surface area contributed by atoms with Crippen LogP contribution in [-0.4, -0.2) is 36.4 Å². The molecule has 0 spiro atoms. The molecule has 3 aromatic rings. The van der Waals surface area contributed by atoms with Gasteiger partial charge < -0.3 is 5.21 Å². The van der Waals surface area contributed by atoms with Gasteiger partial charge in [-0.25, -0.2) is 0 Å². The lowest BCUT2D eigenvalue weighted by atomic mass is 9.88. The fourth-order valence-corrected chi connectivity index (χ4v) is 4.99. The molecule has 0 fully saturated rings. The molecule has 0 amide bonds. The van der Waals surface area contributed by atoms with Gasteiger partial charge in [-0.15, -0.1) is 0 Å². The van der Waals surface area contributed by atoms with E-state index in [0.717, 1.165) is 41.5 Å². The summed E-state index contributed by atoms with van der Waals surface area (Å²) in [6, 6.07) is 0. The Morgan fingerprint density at radius 3 is 1.20 bits per heavy atom. The summed E-state index contributed by atoms with van der Waals surface area (Å²) in [6.07, 6.45) is 0. The van der Waals surface area contributed by atoms with E-state index in [-0.39, 0.29) is 33.4 Å². The normalized spacial score (nSPS) is 10.8. The number of nitro groups is 4. The van der Waals surface area contributed by atoms with Gasteiger partial charge in [-0.1, -0.05) is 0 Å². The van der Waals surface area contributed by atoms with Crippen LogP contribution in [-0.2, 0) is 0 Å². The number of hydrogen-bond acceptors (Lipinski definition) is 13. The smallest absolute Gasteiger partial charge is 0.300 e. The number of hydrogen-bond donors (Lipinski definition) is 0. The SMILES string of the molecule is Cc1c(C(=O)c2no[n+]([O-])c2C(=O)c2c(C)c([N+](=O)[O-])c(C)c([N+](=O)[O-])c2C)c(C)c([N+](=O)[O-])c(C)c1[N+](=O)[O-]. The first-order valence-corrected chi connectivity index (χ1v) is 11.0. The predicted octanol–water partition coefficient (Wildman–Crippen LogP) is 3.25. The van der Waals surface area contributed by atoms with Gasteiger partial charge in [0.25, 0.3) is 34.1 Å². The number of ketones is 2. The quantitative estimate of drug-likeness (QED) is 0.166. The van der Waals surface area contributed by atoms with E-state index in [9.17, 15) is 55.3 Å². The minimum atomic E-state index is -1.41. The fraction of sp³-hybridized carbons (Fsp3) is 0.273. The second-order valence-electron chi connectivity index (χ2n) is 8.71. The van der Waals surface area contributed by atoms with Crippen molar-refractivity contribution in [2.24, 2.45) is 0 Å². The van der Waals surface area contributed by atoms with E-state index in [4.69, 9.17) is 0 Å². The fourth-order valence-electron chi connectivity index (χ4n) is 4.99. The molecule has 0 aliphatic carbocycles. The summed E-state index contributed by atoms with van der Waals surface area (Å²) >= 11 is 0. The van der Waals surface area contributed by atoms with Crippen LogP contribution >= 0.6 is 0 Å². The van der Waals surface area contributed by atoms with Gasteiger partial charge in [0, 0.05) is 33.4 Å². The van der Waals surface area contributed by atoms with Gasteiger partial charge in [0.1, 0.15) is 11.1 Å². The average molecular weight is 558 g/mol. The van der Waals surface area contributed by atoms with Crippen LogP contribution < -0.4 is 4.90 Å². The molecular weight excluding hydrogens is 540 g/mol. The Labute approximate surface area is 221 Å². The first-order chi connectivity index (χ1) is 18.5. The summed E-state index contributed by atoms with van der Waals surface area (Å²) in [5.74, 6) is -2.75. The number of nitro benzene ring substituents is 4. The third-order valence-electron chi connectivity index (χ3n) is 6.57. The van der Waals surface area contributed by atoms with E-state index in [2.05, 4.69) is 9.79 Å². The molecule has 18 nitrogen and oxygen atoms in total. The molecule has 0 aliphatic heterocycles. The van der Waals surface area contributed by atoms with Crippen molar-refractivity contribution >= 4 is 34.3 Å². The molecule has 0 radical (unpaired) electrons. The molecule has 0 saturated heterocycles. The maximum Gasteiger partial charge on any atom is 0.300 e. The Morgan fingerprint density at radius 1 is 0.600 bits per heavy atom. The molecule has 18 heteroatoms. The summed E-state index contributed by atoms with van der Waals surface area (Å²) in [5.41, 5.74) is -8.59. The summed E-state index contributed by atoms with van der Waals surface area (Å²) in [7, 11) is 0. The number of carbonyl (C=O) groups excluding carboxylic acids is 2. The third kappa shape index (κ3) is 4.16. The highest BCUT2D eigenvalue weighted by molar-refractivity contribution is 6.19. The Hall–Kier alpha value is -5.68. The minimum Gasteiger partial charge on any atom is -0.359 e. The molecule has 1 heterocycles. The van der Waals surface area contributed by atoms with Crippen molar-refractivity contribution < 1.29 is 38.8 Å². The molecule has 208 valence electrons. The van der Waals surface area contributed by atoms with E-state index in [1.807, 2.05) is 0 Å². The topological polar surface area (TPSA) is 260 Å². The predicted molar refractivity (Wildman–Crippen MR) is 130 cm³/mol. The second kappa shape index (κ2) is 9.89. The largest absolute Gasteiger partial charge is 0.359 e. The Balaban J connectivity index is 2.40. The van der Waals surface area contributed by atoms with Gasteiger partial charge in [-0.3, -0.25) is 54.7 Å². The number of benzene rings is 2. The zero-order valence-corrected chi connectivity index (χ0v) is 21.6. The molecule has 1 aromatic heterocycles. The average Bonchev–Trinajstić information content (AvgIpc) is 3.18. The molecule has 3 rings (SSSR count). The van der Waals surface area contributed by atoms with Crippen LogP contribution in [0.25, 0.3) is 0 Å². The lowest BCUT2D eigenvalue weighted by Gasteiger charge is -2.12. The monoisotopic (exact) mass is 558 g/mol. The standard InChI is InChI=1S/C22H18N6O12/c1-7-13(8(2)17(25(33)34)11(5)16(7)24(31)32)21(29)15-20(28(39)40-23-15)22(30)14-9(3)18(26(35)36)12(6)19(10(14)4)27(37)38/h1-6H3. The number of rotatable bonds is 8. The van der Waals surface area contributed by atoms with Gasteiger partial charge in [0.2, 0.25) is 11.6 Å². The Kier molecular flexibility index (Phi) is 7.14. The summed E-state index contributed by atoms with van der Waals surface area (Å²) in [5, 5.41) is 62.6. The third-order valence-corrected chi connectivity index (χ3v) is 6.57. The number of nitrogens with zero attached hydrogens (tertiary/aromatic N) is 6. The summed E-state index contributed by atoms with van der Waals surface area (Å²) in [4.78, 5) is 69.8. The van der Waals surface area contributed by atoms with Gasteiger partial charge >= 0.3 is 0 Å². The van der Waals surface area contributed by atoms with Gasteiger partial charge in [0.05, 0.1) is 24.8 Å². The lowest BCUT2D eigenvalue weighted by Crippen LogP contribution is -2.33. The molecule has 2 aromatic carbocycles. The van der Waals surface area contributed by atoms with Crippen molar-refractivity contribution in [3.8, 4) is 0 Å². The van der Waals surface area contributed by atoms with Gasteiger partial charge in [0.15, 0.2) is 0 Å². The van der Waals surface area contributed by atoms with Crippen LogP contribution in [0.5, 0.6) is 0 Å². The molecule has 40 heavy (non-hydrogen) atoms. The van der Waals surface area contributed by atoms with Crippen LogP contribution in [0.2, 0.25) is 0 Å². The molecule has 0 unspecified atom stereocenters. The highest BCUT2D eigenvalue weighted by Crippen LogP contribution is 2.40. The number of carbonyl (C=O) groups is 2. The Bertz CT molecular complexity index is 1640. The highest BCUT2D eigenvalue weighted by Gasteiger charge is 2.42. The van der Waals surface area contributed by atoms with Crippen molar-refractivity contribution in [2.45, 2.75) is 41.5 Å². The van der Waals surface area contributed by atoms with Crippen molar-refractivity contribution in [3.05, 3.63) is 102 Å². The maximum absolute atomic E-state index is 13.6. The maximum atomic E-state index is 13.6. The van der Waals surface area contributed by atoms with E-state index < -0.39 is 81.4 Å². The summed E-state index contributed by atoms with van der Waals surface area (Å²) < 4.78 is 4.43. The highest BCUT2D eigenvalue weighted by atomic mass is 16.8.